The number of hydrogen-bond acceptors (Lipinski definition) is 5. The third kappa shape index (κ3) is 3.78. The van der Waals surface area contributed by atoms with Gasteiger partial charge in [-0.2, -0.15) is 0 Å². The molecule has 0 radical (unpaired) electrons. The van der Waals surface area contributed by atoms with Gasteiger partial charge in [-0.3, -0.25) is 9.78 Å². The van der Waals surface area contributed by atoms with Gasteiger partial charge >= 0.3 is 0 Å². The average molecular weight is 313 g/mol. The monoisotopic (exact) mass is 313 g/mol. The predicted molar refractivity (Wildman–Crippen MR) is 77.0 cm³/mol. The van der Waals surface area contributed by atoms with Crippen LogP contribution in [0.25, 0.3) is 0 Å². The number of hydrogen-bond donors (Lipinski definition) is 1. The number of carbonyl (C=O) groups excluding carboxylic acids is 1. The molecule has 2 heterocycles. The minimum Gasteiger partial charge on any atom is -0.384 e. The van der Waals surface area contributed by atoms with Crippen molar-refractivity contribution in [2.75, 3.05) is 26.5 Å². The molecule has 1 aromatic heterocycles. The molecular formula is C13H19N3O4S. The Bertz CT molecular complexity index is 591. The van der Waals surface area contributed by atoms with E-state index in [0.29, 0.717) is 0 Å². The van der Waals surface area contributed by atoms with E-state index in [1.54, 1.807) is 30.4 Å². The maximum atomic E-state index is 12.0. The fraction of sp³-hybridized carbons (Fsp3) is 0.538. The number of nitrogens with zero attached hydrogens (tertiary/aromatic N) is 2. The highest BCUT2D eigenvalue weighted by Gasteiger charge is 2.40. The van der Waals surface area contributed by atoms with E-state index < -0.39 is 16.1 Å². The second kappa shape index (κ2) is 6.50. The van der Waals surface area contributed by atoms with Crippen LogP contribution in [0.1, 0.15) is 18.0 Å². The van der Waals surface area contributed by atoms with Gasteiger partial charge < -0.3 is 9.64 Å². The van der Waals surface area contributed by atoms with E-state index in [2.05, 4.69) is 9.71 Å². The van der Waals surface area contributed by atoms with Crippen LogP contribution in [-0.2, 0) is 19.6 Å². The largest absolute Gasteiger partial charge is 0.384 e. The summed E-state index contributed by atoms with van der Waals surface area (Å²) >= 11 is 0. The molecule has 0 saturated carbocycles. The summed E-state index contributed by atoms with van der Waals surface area (Å²) in [6.07, 6.45) is 3.43. The smallest absolute Gasteiger partial charge is 0.224 e. The quantitative estimate of drug-likeness (QED) is 0.793. The maximum Gasteiger partial charge on any atom is 0.224 e. The first-order valence-corrected chi connectivity index (χ1v) is 8.24. The normalized spacial score (nSPS) is 22.8. The van der Waals surface area contributed by atoms with Gasteiger partial charge in [0.2, 0.25) is 15.9 Å². The second-order valence-electron chi connectivity index (χ2n) is 4.98. The van der Waals surface area contributed by atoms with Gasteiger partial charge in [0.15, 0.2) is 0 Å². The zero-order valence-corrected chi connectivity index (χ0v) is 12.8. The molecule has 1 aliphatic rings. The first-order chi connectivity index (χ1) is 9.94. The molecule has 0 aliphatic carbocycles. The molecule has 1 amide bonds. The average Bonchev–Trinajstić information content (AvgIpc) is 2.72. The Hall–Kier alpha value is -1.51. The zero-order valence-electron chi connectivity index (χ0n) is 12.0. The van der Waals surface area contributed by atoms with Crippen LogP contribution >= 0.6 is 0 Å². The molecule has 2 atom stereocenters. The standard InChI is InChI=1S/C13H19N3O4S/c1-16-12(17)8-11(15-21(18,19)7-6-20-2)13(16)10-4-3-5-14-9-10/h3-5,9,11,13,15H,6-8H2,1-2H3/t11-,13+/m1/s1. The lowest BCUT2D eigenvalue weighted by Crippen LogP contribution is -2.40. The first kappa shape index (κ1) is 15.9. The Labute approximate surface area is 124 Å². The van der Waals surface area contributed by atoms with Gasteiger partial charge in [0.05, 0.1) is 24.4 Å². The minimum absolute atomic E-state index is 0.0942. The summed E-state index contributed by atoms with van der Waals surface area (Å²) in [7, 11) is -0.374. The lowest BCUT2D eigenvalue weighted by Gasteiger charge is -2.25. The molecule has 1 saturated heterocycles. The molecule has 21 heavy (non-hydrogen) atoms. The SMILES string of the molecule is COCCS(=O)(=O)N[C@@H]1CC(=O)N(C)[C@H]1c1cccnc1. The molecular weight excluding hydrogens is 294 g/mol. The molecule has 1 aromatic rings. The lowest BCUT2D eigenvalue weighted by atomic mass is 10.0. The van der Waals surface area contributed by atoms with Crippen LogP contribution in [0.5, 0.6) is 0 Å². The summed E-state index contributed by atoms with van der Waals surface area (Å²) in [6.45, 7) is 0.114. The van der Waals surface area contributed by atoms with Crippen LogP contribution in [-0.4, -0.2) is 56.8 Å². The van der Waals surface area contributed by atoms with Crippen LogP contribution in [0.4, 0.5) is 0 Å². The molecule has 2 rings (SSSR count). The van der Waals surface area contributed by atoms with Crippen LogP contribution in [0, 0.1) is 0 Å². The number of rotatable bonds is 6. The molecule has 1 aliphatic heterocycles. The fourth-order valence-corrected chi connectivity index (χ4v) is 3.64. The van der Waals surface area contributed by atoms with Gasteiger partial charge in [-0.1, -0.05) is 6.07 Å². The summed E-state index contributed by atoms with van der Waals surface area (Å²) in [5.41, 5.74) is 0.810. The van der Waals surface area contributed by atoms with Crippen molar-refractivity contribution < 1.29 is 17.9 Å². The third-order valence-electron chi connectivity index (χ3n) is 3.50. The van der Waals surface area contributed by atoms with Gasteiger partial charge in [0.25, 0.3) is 0 Å². The van der Waals surface area contributed by atoms with E-state index in [1.165, 1.54) is 7.11 Å². The Balaban J connectivity index is 2.19. The summed E-state index contributed by atoms with van der Waals surface area (Å²) in [5, 5.41) is 0. The third-order valence-corrected chi connectivity index (χ3v) is 4.87. The van der Waals surface area contributed by atoms with E-state index in [4.69, 9.17) is 4.74 Å². The van der Waals surface area contributed by atoms with Crippen LogP contribution in [0.15, 0.2) is 24.5 Å². The fourth-order valence-electron chi connectivity index (χ4n) is 2.46. The van der Waals surface area contributed by atoms with Crippen molar-refractivity contribution in [3.05, 3.63) is 30.1 Å². The molecule has 116 valence electrons. The number of likely N-dealkylation sites (tertiary alicyclic amines) is 1. The molecule has 1 fully saturated rings. The van der Waals surface area contributed by atoms with Crippen molar-refractivity contribution in [3.8, 4) is 0 Å². The number of likely N-dealkylation sites (N-methyl/N-ethyl adjacent to an activating group) is 1. The van der Waals surface area contributed by atoms with Crippen molar-refractivity contribution >= 4 is 15.9 Å². The Morgan fingerprint density at radius 2 is 2.29 bits per heavy atom. The van der Waals surface area contributed by atoms with Crippen molar-refractivity contribution in [1.82, 2.24) is 14.6 Å². The number of methoxy groups -OCH3 is 1. The molecule has 0 aromatic carbocycles. The number of nitrogens with one attached hydrogen (secondary N) is 1. The Morgan fingerprint density at radius 1 is 1.52 bits per heavy atom. The molecule has 0 spiro atoms. The van der Waals surface area contributed by atoms with Crippen LogP contribution in [0.2, 0.25) is 0 Å². The molecule has 0 unspecified atom stereocenters. The van der Waals surface area contributed by atoms with E-state index >= 15 is 0 Å². The van der Waals surface area contributed by atoms with Gasteiger partial charge in [0.1, 0.15) is 0 Å². The minimum atomic E-state index is -3.49. The van der Waals surface area contributed by atoms with Crippen LogP contribution in [0.3, 0.4) is 0 Å². The predicted octanol–water partition coefficient (Wildman–Crippen LogP) is -0.0808. The molecule has 8 heteroatoms. The summed E-state index contributed by atoms with van der Waals surface area (Å²) < 4.78 is 31.4. The lowest BCUT2D eigenvalue weighted by molar-refractivity contribution is -0.127. The van der Waals surface area contributed by atoms with Crippen LogP contribution < -0.4 is 4.72 Å². The Morgan fingerprint density at radius 3 is 2.90 bits per heavy atom. The highest BCUT2D eigenvalue weighted by molar-refractivity contribution is 7.89. The number of sulfonamides is 1. The van der Waals surface area contributed by atoms with Gasteiger partial charge in [-0.25, -0.2) is 13.1 Å². The molecule has 0 bridgehead atoms. The van der Waals surface area contributed by atoms with E-state index in [1.807, 2.05) is 6.07 Å². The number of pyridine rings is 1. The number of carbonyl (C=O) groups is 1. The Kier molecular flexibility index (Phi) is 4.92. The van der Waals surface area contributed by atoms with Crippen molar-refractivity contribution in [1.29, 1.82) is 0 Å². The zero-order chi connectivity index (χ0) is 15.5. The van der Waals surface area contributed by atoms with E-state index in [9.17, 15) is 13.2 Å². The molecule has 1 N–H and O–H groups in total. The summed E-state index contributed by atoms with van der Waals surface area (Å²) in [6, 6.07) is 2.77. The van der Waals surface area contributed by atoms with E-state index in [-0.39, 0.29) is 30.7 Å². The van der Waals surface area contributed by atoms with Crippen molar-refractivity contribution in [2.24, 2.45) is 0 Å². The number of aromatic nitrogens is 1. The van der Waals surface area contributed by atoms with Gasteiger partial charge in [-0.15, -0.1) is 0 Å². The molecule has 7 nitrogen and oxygen atoms in total. The maximum absolute atomic E-state index is 12.0. The van der Waals surface area contributed by atoms with Crippen molar-refractivity contribution in [3.63, 3.8) is 0 Å². The van der Waals surface area contributed by atoms with Gasteiger partial charge in [0, 0.05) is 33.0 Å². The van der Waals surface area contributed by atoms with Gasteiger partial charge in [-0.05, 0) is 11.6 Å². The van der Waals surface area contributed by atoms with Crippen molar-refractivity contribution in [2.45, 2.75) is 18.5 Å². The highest BCUT2D eigenvalue weighted by atomic mass is 32.2. The first-order valence-electron chi connectivity index (χ1n) is 6.59. The van der Waals surface area contributed by atoms with E-state index in [0.717, 1.165) is 5.56 Å². The number of ether oxygens (including phenoxy) is 1. The highest BCUT2D eigenvalue weighted by Crippen LogP contribution is 2.31. The topological polar surface area (TPSA) is 88.6 Å². The number of amides is 1. The summed E-state index contributed by atoms with van der Waals surface area (Å²) in [4.78, 5) is 17.5. The summed E-state index contributed by atoms with van der Waals surface area (Å²) in [5.74, 6) is -0.221. The second-order valence-corrected chi connectivity index (χ2v) is 6.85.